The third-order valence-corrected chi connectivity index (χ3v) is 6.06. The van der Waals surface area contributed by atoms with E-state index in [2.05, 4.69) is 6.92 Å². The van der Waals surface area contributed by atoms with Gasteiger partial charge in [0.2, 0.25) is 5.91 Å². The summed E-state index contributed by atoms with van der Waals surface area (Å²) in [5.74, 6) is -0.951. The predicted octanol–water partition coefficient (Wildman–Crippen LogP) is 4.08. The van der Waals surface area contributed by atoms with E-state index in [0.717, 1.165) is 32.1 Å². The monoisotopic (exact) mass is 451 g/mol. The largest absolute Gasteiger partial charge is 0.449 e. The molecule has 182 valence electrons. The molecular weight excluding hydrogens is 410 g/mol. The lowest BCUT2D eigenvalue weighted by Gasteiger charge is -2.29. The number of aliphatic hydroxyl groups excluding tert-OH is 2. The summed E-state index contributed by atoms with van der Waals surface area (Å²) in [5, 5.41) is 23.0. The molecule has 0 bridgehead atoms. The topological polar surface area (TPSA) is 113 Å². The van der Waals surface area contributed by atoms with Gasteiger partial charge in [-0.3, -0.25) is 14.9 Å². The van der Waals surface area contributed by atoms with Crippen LogP contribution < -0.4 is 5.32 Å². The molecule has 0 saturated heterocycles. The third kappa shape index (κ3) is 10.1. The molecule has 1 aliphatic carbocycles. The SMILES string of the molecule is CCCCC(C)(C)[C@H](O)/C=C/[C@H]1[C@H](O)CC(=O)[C@@H]1C/C=C\CCCCOC(=O)NC(C)=O. The Morgan fingerprint density at radius 1 is 1.25 bits per heavy atom. The van der Waals surface area contributed by atoms with Crippen LogP contribution in [0.25, 0.3) is 0 Å². The lowest BCUT2D eigenvalue weighted by atomic mass is 9.80. The zero-order valence-electron chi connectivity index (χ0n) is 20.0. The fourth-order valence-electron chi connectivity index (χ4n) is 3.87. The van der Waals surface area contributed by atoms with Crippen LogP contribution in [0.4, 0.5) is 4.79 Å². The molecule has 1 saturated carbocycles. The van der Waals surface area contributed by atoms with Crippen LogP contribution in [-0.2, 0) is 14.3 Å². The van der Waals surface area contributed by atoms with E-state index in [1.54, 1.807) is 6.08 Å². The van der Waals surface area contributed by atoms with Gasteiger partial charge in [-0.05, 0) is 37.5 Å². The van der Waals surface area contributed by atoms with Crippen LogP contribution in [0.3, 0.4) is 0 Å². The zero-order valence-corrected chi connectivity index (χ0v) is 20.0. The lowest BCUT2D eigenvalue weighted by Crippen LogP contribution is -2.28. The van der Waals surface area contributed by atoms with Crippen molar-refractivity contribution in [3.05, 3.63) is 24.3 Å². The van der Waals surface area contributed by atoms with Crippen LogP contribution in [0.2, 0.25) is 0 Å². The van der Waals surface area contributed by atoms with Crippen molar-refractivity contribution in [2.45, 2.75) is 91.3 Å². The van der Waals surface area contributed by atoms with Crippen molar-refractivity contribution in [3.63, 3.8) is 0 Å². The number of amides is 2. The Bertz CT molecular complexity index is 669. The summed E-state index contributed by atoms with van der Waals surface area (Å²) < 4.78 is 4.88. The quantitative estimate of drug-likeness (QED) is 0.287. The fraction of sp³-hybridized carbons (Fsp3) is 0.720. The standard InChI is InChI=1S/C25H41NO6/c1-5-6-15-25(3,4)23(30)14-13-20-19(21(28)17-22(20)29)12-10-8-7-9-11-16-32-24(31)26-18(2)27/h8,10,13-14,19-20,22-23,29-30H,5-7,9,11-12,15-17H2,1-4H3,(H,26,27,31)/b10-8-,14-13+/t19-,20-,22-,23-/m1/s1. The highest BCUT2D eigenvalue weighted by atomic mass is 16.5. The first kappa shape index (κ1) is 28.0. The van der Waals surface area contributed by atoms with E-state index in [-0.39, 0.29) is 36.1 Å². The van der Waals surface area contributed by atoms with Crippen LogP contribution in [0.15, 0.2) is 24.3 Å². The van der Waals surface area contributed by atoms with Crippen molar-refractivity contribution in [2.24, 2.45) is 17.3 Å². The van der Waals surface area contributed by atoms with E-state index in [0.29, 0.717) is 12.8 Å². The van der Waals surface area contributed by atoms with Crippen LogP contribution in [0.1, 0.15) is 79.1 Å². The Kier molecular flexibility index (Phi) is 12.5. The molecule has 32 heavy (non-hydrogen) atoms. The number of rotatable bonds is 13. The number of hydrogen-bond donors (Lipinski definition) is 3. The fourth-order valence-corrected chi connectivity index (χ4v) is 3.87. The smallest absolute Gasteiger partial charge is 0.413 e. The number of unbranched alkanes of at least 4 members (excludes halogenated alkanes) is 3. The second-order valence-corrected chi connectivity index (χ2v) is 9.36. The number of aliphatic hydroxyl groups is 2. The van der Waals surface area contributed by atoms with Crippen molar-refractivity contribution >= 4 is 17.8 Å². The number of Topliss-reactive ketones (excluding diaryl/α,β-unsaturated/α-hetero) is 1. The van der Waals surface area contributed by atoms with Gasteiger partial charge in [0.25, 0.3) is 0 Å². The van der Waals surface area contributed by atoms with Crippen molar-refractivity contribution < 1.29 is 29.3 Å². The van der Waals surface area contributed by atoms with Crippen molar-refractivity contribution in [1.82, 2.24) is 5.32 Å². The molecule has 1 aliphatic rings. The molecule has 0 aromatic rings. The number of hydrogen-bond acceptors (Lipinski definition) is 6. The summed E-state index contributed by atoms with van der Waals surface area (Å²) >= 11 is 0. The Hall–Kier alpha value is -1.99. The summed E-state index contributed by atoms with van der Waals surface area (Å²) in [5.41, 5.74) is -0.244. The number of allylic oxidation sites excluding steroid dienone is 2. The number of alkyl carbamates (subject to hydrolysis) is 1. The number of imide groups is 1. The highest BCUT2D eigenvalue weighted by molar-refractivity contribution is 5.90. The number of ketones is 1. The second-order valence-electron chi connectivity index (χ2n) is 9.36. The Morgan fingerprint density at radius 2 is 1.97 bits per heavy atom. The molecule has 0 spiro atoms. The number of carbonyl (C=O) groups excluding carboxylic acids is 3. The molecular formula is C25H41NO6. The predicted molar refractivity (Wildman–Crippen MR) is 124 cm³/mol. The highest BCUT2D eigenvalue weighted by Gasteiger charge is 2.39. The molecule has 1 fully saturated rings. The maximum Gasteiger partial charge on any atom is 0.413 e. The first-order valence-electron chi connectivity index (χ1n) is 11.7. The van der Waals surface area contributed by atoms with Crippen molar-refractivity contribution in [3.8, 4) is 0 Å². The molecule has 7 heteroatoms. The molecule has 2 amide bonds. The maximum atomic E-state index is 12.4. The van der Waals surface area contributed by atoms with Crippen molar-refractivity contribution in [1.29, 1.82) is 0 Å². The number of carbonyl (C=O) groups is 3. The molecule has 0 unspecified atom stereocenters. The average Bonchev–Trinajstić information content (AvgIpc) is 2.98. The van der Waals surface area contributed by atoms with Crippen LogP contribution in [0, 0.1) is 17.3 Å². The van der Waals surface area contributed by atoms with Gasteiger partial charge in [0, 0.05) is 25.2 Å². The van der Waals surface area contributed by atoms with E-state index in [1.165, 1.54) is 6.92 Å². The summed E-state index contributed by atoms with van der Waals surface area (Å²) in [6, 6.07) is 0. The van der Waals surface area contributed by atoms with Gasteiger partial charge in [-0.25, -0.2) is 4.79 Å². The van der Waals surface area contributed by atoms with Gasteiger partial charge in [0.15, 0.2) is 0 Å². The van der Waals surface area contributed by atoms with E-state index >= 15 is 0 Å². The van der Waals surface area contributed by atoms with Gasteiger partial charge in [-0.1, -0.05) is 57.9 Å². The molecule has 0 radical (unpaired) electrons. The van der Waals surface area contributed by atoms with Crippen molar-refractivity contribution in [2.75, 3.05) is 6.61 Å². The average molecular weight is 452 g/mol. The highest BCUT2D eigenvalue weighted by Crippen LogP contribution is 2.35. The Morgan fingerprint density at radius 3 is 2.62 bits per heavy atom. The van der Waals surface area contributed by atoms with Gasteiger partial charge in [-0.2, -0.15) is 0 Å². The lowest BCUT2D eigenvalue weighted by molar-refractivity contribution is -0.121. The Labute approximate surface area is 192 Å². The minimum absolute atomic E-state index is 0.0569. The molecule has 3 N–H and O–H groups in total. The van der Waals surface area contributed by atoms with E-state index in [4.69, 9.17) is 4.74 Å². The van der Waals surface area contributed by atoms with Gasteiger partial charge in [0.05, 0.1) is 18.8 Å². The number of ether oxygens (including phenoxy) is 1. The van der Waals surface area contributed by atoms with Crippen LogP contribution >= 0.6 is 0 Å². The minimum atomic E-state index is -0.732. The number of nitrogens with one attached hydrogen (secondary N) is 1. The third-order valence-electron chi connectivity index (χ3n) is 6.06. The van der Waals surface area contributed by atoms with E-state index in [1.807, 2.05) is 37.4 Å². The molecule has 0 aromatic carbocycles. The molecule has 0 heterocycles. The van der Waals surface area contributed by atoms with E-state index in [9.17, 15) is 24.6 Å². The molecule has 0 aromatic heterocycles. The van der Waals surface area contributed by atoms with Crippen LogP contribution in [-0.4, -0.2) is 46.8 Å². The summed E-state index contributed by atoms with van der Waals surface area (Å²) in [6.45, 7) is 7.69. The van der Waals surface area contributed by atoms with E-state index < -0.39 is 24.2 Å². The molecule has 0 aliphatic heterocycles. The second kappa shape index (κ2) is 14.2. The minimum Gasteiger partial charge on any atom is -0.449 e. The molecule has 7 nitrogen and oxygen atoms in total. The summed E-state index contributed by atoms with van der Waals surface area (Å²) in [4.78, 5) is 34.2. The first-order chi connectivity index (χ1) is 15.1. The summed E-state index contributed by atoms with van der Waals surface area (Å²) in [7, 11) is 0. The van der Waals surface area contributed by atoms with Gasteiger partial charge < -0.3 is 14.9 Å². The summed E-state index contributed by atoms with van der Waals surface area (Å²) in [6.07, 6.45) is 11.5. The van der Waals surface area contributed by atoms with Crippen LogP contribution in [0.5, 0.6) is 0 Å². The maximum absolute atomic E-state index is 12.4. The zero-order chi connectivity index (χ0) is 24.1. The van der Waals surface area contributed by atoms with Gasteiger partial charge in [0.1, 0.15) is 5.78 Å². The van der Waals surface area contributed by atoms with Gasteiger partial charge >= 0.3 is 6.09 Å². The molecule has 4 atom stereocenters. The Balaban J connectivity index is 2.45. The molecule has 1 rings (SSSR count). The normalized spacial score (nSPS) is 22.6. The van der Waals surface area contributed by atoms with Gasteiger partial charge in [-0.15, -0.1) is 0 Å². The first-order valence-corrected chi connectivity index (χ1v) is 11.7.